The van der Waals surface area contributed by atoms with Crippen molar-refractivity contribution in [3.63, 3.8) is 0 Å². The van der Waals surface area contributed by atoms with Crippen LogP contribution in [0.4, 0.5) is 20.2 Å². The van der Waals surface area contributed by atoms with Gasteiger partial charge >= 0.3 is 11.8 Å². The Kier molecular flexibility index (Phi) is 6.66. The Hall–Kier alpha value is -3.00. The normalized spacial score (nSPS) is 14.3. The van der Waals surface area contributed by atoms with Crippen molar-refractivity contribution in [1.82, 2.24) is 10.2 Å². The number of hydrogen-bond donors (Lipinski definition) is 2. The van der Waals surface area contributed by atoms with Crippen LogP contribution in [0.1, 0.15) is 23.6 Å². The van der Waals surface area contributed by atoms with E-state index in [2.05, 4.69) is 34.7 Å². The van der Waals surface area contributed by atoms with Crippen molar-refractivity contribution in [2.24, 2.45) is 0 Å². The number of fused-ring (bicyclic) bond motifs is 1. The SMILES string of the molecule is CN1CCCc2cc(C(CNC(=O)C(=O)Nc3ccc(F)c(F)c3)N(C)C)ccc21. The predicted octanol–water partition coefficient (Wildman–Crippen LogP) is 2.70. The summed E-state index contributed by atoms with van der Waals surface area (Å²) in [5.74, 6) is -3.91. The van der Waals surface area contributed by atoms with Crippen LogP contribution in [0.15, 0.2) is 36.4 Å². The first-order valence-corrected chi connectivity index (χ1v) is 9.81. The van der Waals surface area contributed by atoms with Gasteiger partial charge in [-0.3, -0.25) is 9.59 Å². The van der Waals surface area contributed by atoms with Crippen LogP contribution in [0, 0.1) is 11.6 Å². The Bertz CT molecular complexity index is 949. The monoisotopic (exact) mass is 416 g/mol. The van der Waals surface area contributed by atoms with Gasteiger partial charge in [0.15, 0.2) is 11.6 Å². The molecule has 1 heterocycles. The molecule has 0 fully saturated rings. The lowest BCUT2D eigenvalue weighted by atomic mass is 9.96. The molecular formula is C22H26F2N4O2. The Morgan fingerprint density at radius 3 is 2.57 bits per heavy atom. The number of nitrogens with one attached hydrogen (secondary N) is 2. The lowest BCUT2D eigenvalue weighted by Gasteiger charge is -2.30. The standard InChI is InChI=1S/C22H26F2N4O2/c1-27(2)20(15-6-9-19-14(11-15)5-4-10-28(19)3)13-25-21(29)22(30)26-16-7-8-17(23)18(24)12-16/h6-9,11-12,20H,4-5,10,13H2,1-3H3,(H,25,29)(H,26,30). The number of anilines is 2. The van der Waals surface area contributed by atoms with Crippen LogP contribution in [-0.4, -0.2) is 50.9 Å². The largest absolute Gasteiger partial charge is 0.374 e. The second-order valence-corrected chi connectivity index (χ2v) is 7.69. The smallest absolute Gasteiger partial charge is 0.313 e. The van der Waals surface area contributed by atoms with Crippen LogP contribution < -0.4 is 15.5 Å². The molecule has 6 nitrogen and oxygen atoms in total. The van der Waals surface area contributed by atoms with Crippen molar-refractivity contribution >= 4 is 23.2 Å². The Labute approximate surface area is 174 Å². The second-order valence-electron chi connectivity index (χ2n) is 7.69. The Balaban J connectivity index is 1.65. The van der Waals surface area contributed by atoms with Gasteiger partial charge in [-0.05, 0) is 56.3 Å². The molecule has 0 bridgehead atoms. The third-order valence-electron chi connectivity index (χ3n) is 5.30. The van der Waals surface area contributed by atoms with E-state index in [1.807, 2.05) is 25.1 Å². The molecule has 1 aliphatic rings. The number of carbonyl (C=O) groups excluding carboxylic acids is 2. The lowest BCUT2D eigenvalue weighted by molar-refractivity contribution is -0.136. The average molecular weight is 416 g/mol. The maximum atomic E-state index is 13.3. The summed E-state index contributed by atoms with van der Waals surface area (Å²) >= 11 is 0. The van der Waals surface area contributed by atoms with Crippen molar-refractivity contribution in [2.45, 2.75) is 18.9 Å². The number of likely N-dealkylation sites (N-methyl/N-ethyl adjacent to an activating group) is 1. The number of aryl methyl sites for hydroxylation is 1. The zero-order valence-corrected chi connectivity index (χ0v) is 17.3. The maximum Gasteiger partial charge on any atom is 0.313 e. The molecule has 0 radical (unpaired) electrons. The van der Waals surface area contributed by atoms with Gasteiger partial charge in [-0.2, -0.15) is 0 Å². The fourth-order valence-electron chi connectivity index (χ4n) is 3.64. The number of rotatable bonds is 5. The molecule has 1 unspecified atom stereocenters. The number of benzene rings is 2. The van der Waals surface area contributed by atoms with Crippen LogP contribution in [0.2, 0.25) is 0 Å². The van der Waals surface area contributed by atoms with Crippen LogP contribution in [-0.2, 0) is 16.0 Å². The van der Waals surface area contributed by atoms with Gasteiger partial charge in [0.2, 0.25) is 0 Å². The third-order valence-corrected chi connectivity index (χ3v) is 5.30. The van der Waals surface area contributed by atoms with E-state index >= 15 is 0 Å². The molecule has 0 saturated heterocycles. The fraction of sp³-hybridized carbons (Fsp3) is 0.364. The summed E-state index contributed by atoms with van der Waals surface area (Å²) in [6.45, 7) is 1.26. The van der Waals surface area contributed by atoms with E-state index in [-0.39, 0.29) is 18.3 Å². The van der Waals surface area contributed by atoms with E-state index in [4.69, 9.17) is 0 Å². The first-order chi connectivity index (χ1) is 14.3. The Morgan fingerprint density at radius 1 is 1.10 bits per heavy atom. The molecular weight excluding hydrogens is 390 g/mol. The maximum absolute atomic E-state index is 13.3. The van der Waals surface area contributed by atoms with Crippen LogP contribution in [0.3, 0.4) is 0 Å². The zero-order valence-electron chi connectivity index (χ0n) is 17.3. The highest BCUT2D eigenvalue weighted by molar-refractivity contribution is 6.39. The first-order valence-electron chi connectivity index (χ1n) is 9.81. The number of halogens is 2. The molecule has 1 atom stereocenters. The van der Waals surface area contributed by atoms with Crippen molar-refractivity contribution in [2.75, 3.05) is 44.4 Å². The fourth-order valence-corrected chi connectivity index (χ4v) is 3.64. The van der Waals surface area contributed by atoms with E-state index in [0.717, 1.165) is 37.1 Å². The van der Waals surface area contributed by atoms with Gasteiger partial charge in [0.25, 0.3) is 0 Å². The molecule has 1 aliphatic heterocycles. The quantitative estimate of drug-likeness (QED) is 0.736. The summed E-state index contributed by atoms with van der Waals surface area (Å²) in [6, 6.07) is 9.07. The van der Waals surface area contributed by atoms with Gasteiger partial charge in [-0.1, -0.05) is 12.1 Å². The predicted molar refractivity (Wildman–Crippen MR) is 112 cm³/mol. The number of nitrogens with zero attached hydrogens (tertiary/aromatic N) is 2. The minimum absolute atomic E-state index is 0.0111. The zero-order chi connectivity index (χ0) is 21.8. The molecule has 2 aromatic rings. The van der Waals surface area contributed by atoms with Crippen LogP contribution in [0.25, 0.3) is 0 Å². The topological polar surface area (TPSA) is 64.7 Å². The van der Waals surface area contributed by atoms with Gasteiger partial charge < -0.3 is 20.4 Å². The van der Waals surface area contributed by atoms with Gasteiger partial charge in [-0.25, -0.2) is 8.78 Å². The minimum Gasteiger partial charge on any atom is -0.374 e. The third kappa shape index (κ3) is 4.94. The minimum atomic E-state index is -1.10. The number of carbonyl (C=O) groups is 2. The molecule has 2 N–H and O–H groups in total. The summed E-state index contributed by atoms with van der Waals surface area (Å²) in [6.07, 6.45) is 2.11. The summed E-state index contributed by atoms with van der Waals surface area (Å²) in [7, 11) is 5.89. The van der Waals surface area contributed by atoms with Gasteiger partial charge in [-0.15, -0.1) is 0 Å². The highest BCUT2D eigenvalue weighted by atomic mass is 19.2. The summed E-state index contributed by atoms with van der Waals surface area (Å²) in [5, 5.41) is 4.90. The molecule has 160 valence electrons. The Morgan fingerprint density at radius 2 is 1.87 bits per heavy atom. The molecule has 2 amide bonds. The number of amides is 2. The molecule has 0 aromatic heterocycles. The van der Waals surface area contributed by atoms with Crippen LogP contribution in [0.5, 0.6) is 0 Å². The molecule has 0 spiro atoms. The van der Waals surface area contributed by atoms with E-state index in [0.29, 0.717) is 0 Å². The summed E-state index contributed by atoms with van der Waals surface area (Å²) < 4.78 is 26.3. The van der Waals surface area contributed by atoms with Crippen molar-refractivity contribution in [3.05, 3.63) is 59.2 Å². The lowest BCUT2D eigenvalue weighted by Crippen LogP contribution is -2.40. The second kappa shape index (κ2) is 9.21. The van der Waals surface area contributed by atoms with Gasteiger partial charge in [0, 0.05) is 37.6 Å². The first kappa shape index (κ1) is 21.7. The summed E-state index contributed by atoms with van der Waals surface area (Å²) in [5.41, 5.74) is 3.56. The molecule has 2 aromatic carbocycles. The highest BCUT2D eigenvalue weighted by Gasteiger charge is 2.21. The molecule has 3 rings (SSSR count). The molecule has 0 saturated carbocycles. The van der Waals surface area contributed by atoms with Crippen molar-refractivity contribution < 1.29 is 18.4 Å². The van der Waals surface area contributed by atoms with E-state index in [1.54, 1.807) is 0 Å². The molecule has 8 heteroatoms. The highest BCUT2D eigenvalue weighted by Crippen LogP contribution is 2.29. The summed E-state index contributed by atoms with van der Waals surface area (Å²) in [4.78, 5) is 28.5. The molecule has 0 aliphatic carbocycles. The van der Waals surface area contributed by atoms with Crippen molar-refractivity contribution in [3.8, 4) is 0 Å². The van der Waals surface area contributed by atoms with Gasteiger partial charge in [0.1, 0.15) is 0 Å². The molecule has 30 heavy (non-hydrogen) atoms. The van der Waals surface area contributed by atoms with E-state index in [9.17, 15) is 18.4 Å². The van der Waals surface area contributed by atoms with E-state index in [1.165, 1.54) is 17.3 Å². The van der Waals surface area contributed by atoms with Gasteiger partial charge in [0.05, 0.1) is 6.04 Å². The average Bonchev–Trinajstić information content (AvgIpc) is 2.70. The van der Waals surface area contributed by atoms with E-state index < -0.39 is 23.4 Å². The van der Waals surface area contributed by atoms with Crippen molar-refractivity contribution in [1.29, 1.82) is 0 Å². The number of hydrogen-bond acceptors (Lipinski definition) is 4. The van der Waals surface area contributed by atoms with Crippen LogP contribution >= 0.6 is 0 Å².